The molecule has 1 aliphatic rings. The Morgan fingerprint density at radius 3 is 3.16 bits per heavy atom. The monoisotopic (exact) mass is 278 g/mol. The SMILES string of the molecule is COCC(=O)N1CCc2[nH]c3ccc(Cl)cc3c2C1. The number of carbonyl (C=O) groups excluding carboxylic acids is 1. The Hall–Kier alpha value is -1.52. The van der Waals surface area contributed by atoms with Gasteiger partial charge >= 0.3 is 0 Å². The van der Waals surface area contributed by atoms with Crippen LogP contribution in [-0.2, 0) is 22.5 Å². The summed E-state index contributed by atoms with van der Waals surface area (Å²) in [6.07, 6.45) is 0.844. The van der Waals surface area contributed by atoms with E-state index in [2.05, 4.69) is 4.98 Å². The molecular formula is C14H15ClN2O2. The quantitative estimate of drug-likeness (QED) is 0.916. The molecule has 1 N–H and O–H groups in total. The van der Waals surface area contributed by atoms with Crippen molar-refractivity contribution in [2.75, 3.05) is 20.3 Å². The zero-order valence-corrected chi connectivity index (χ0v) is 11.5. The third kappa shape index (κ3) is 2.22. The normalized spacial score (nSPS) is 14.7. The van der Waals surface area contributed by atoms with Crippen LogP contribution in [0.3, 0.4) is 0 Å². The number of aromatic nitrogens is 1. The number of carbonyl (C=O) groups is 1. The molecule has 0 aliphatic carbocycles. The Morgan fingerprint density at radius 1 is 1.53 bits per heavy atom. The zero-order valence-electron chi connectivity index (χ0n) is 10.7. The Balaban J connectivity index is 1.97. The third-order valence-electron chi connectivity index (χ3n) is 3.56. The van der Waals surface area contributed by atoms with Gasteiger partial charge in [-0.15, -0.1) is 0 Å². The highest BCUT2D eigenvalue weighted by Gasteiger charge is 2.23. The highest BCUT2D eigenvalue weighted by atomic mass is 35.5. The molecule has 100 valence electrons. The van der Waals surface area contributed by atoms with Crippen molar-refractivity contribution in [2.24, 2.45) is 0 Å². The predicted octanol–water partition coefficient (Wildman–Crippen LogP) is 2.35. The molecular weight excluding hydrogens is 264 g/mol. The lowest BCUT2D eigenvalue weighted by molar-refractivity contribution is -0.136. The third-order valence-corrected chi connectivity index (χ3v) is 3.79. The number of rotatable bonds is 2. The second-order valence-electron chi connectivity index (χ2n) is 4.77. The van der Waals surface area contributed by atoms with Crippen LogP contribution in [0.15, 0.2) is 18.2 Å². The summed E-state index contributed by atoms with van der Waals surface area (Å²) in [5, 5.41) is 1.83. The summed E-state index contributed by atoms with van der Waals surface area (Å²) in [6.45, 7) is 1.49. The van der Waals surface area contributed by atoms with E-state index in [0.29, 0.717) is 6.54 Å². The molecule has 1 aromatic carbocycles. The standard InChI is InChI=1S/C14H15ClN2O2/c1-19-8-14(18)17-5-4-13-11(7-17)10-6-9(15)2-3-12(10)16-13/h2-3,6,16H,4-5,7-8H2,1H3. The van der Waals surface area contributed by atoms with Gasteiger partial charge in [-0.1, -0.05) is 11.6 Å². The molecule has 0 saturated heterocycles. The summed E-state index contributed by atoms with van der Waals surface area (Å²) < 4.78 is 4.91. The van der Waals surface area contributed by atoms with Gasteiger partial charge in [-0.25, -0.2) is 0 Å². The summed E-state index contributed by atoms with van der Waals surface area (Å²) in [6, 6.07) is 5.81. The van der Waals surface area contributed by atoms with E-state index < -0.39 is 0 Å². The molecule has 1 aliphatic heterocycles. The number of nitrogens with one attached hydrogen (secondary N) is 1. The Labute approximate surface area is 116 Å². The highest BCUT2D eigenvalue weighted by Crippen LogP contribution is 2.29. The van der Waals surface area contributed by atoms with E-state index in [1.807, 2.05) is 23.1 Å². The van der Waals surface area contributed by atoms with Crippen LogP contribution in [0.4, 0.5) is 0 Å². The molecule has 2 heterocycles. The number of methoxy groups -OCH3 is 1. The van der Waals surface area contributed by atoms with E-state index in [1.165, 1.54) is 11.3 Å². The van der Waals surface area contributed by atoms with Crippen LogP contribution in [0.25, 0.3) is 10.9 Å². The van der Waals surface area contributed by atoms with Gasteiger partial charge < -0.3 is 14.6 Å². The van der Waals surface area contributed by atoms with Crippen LogP contribution >= 0.6 is 11.6 Å². The maximum absolute atomic E-state index is 11.9. The van der Waals surface area contributed by atoms with Crippen molar-refractivity contribution < 1.29 is 9.53 Å². The molecule has 5 heteroatoms. The lowest BCUT2D eigenvalue weighted by atomic mass is 10.0. The van der Waals surface area contributed by atoms with Crippen molar-refractivity contribution >= 4 is 28.4 Å². The van der Waals surface area contributed by atoms with Gasteiger partial charge in [0.05, 0.1) is 0 Å². The largest absolute Gasteiger partial charge is 0.375 e. The molecule has 0 unspecified atom stereocenters. The van der Waals surface area contributed by atoms with Gasteiger partial charge in [0.25, 0.3) is 0 Å². The van der Waals surface area contributed by atoms with Crippen molar-refractivity contribution in [3.63, 3.8) is 0 Å². The first-order chi connectivity index (χ1) is 9.19. The fraction of sp³-hybridized carbons (Fsp3) is 0.357. The van der Waals surface area contributed by atoms with Crippen LogP contribution in [0.2, 0.25) is 5.02 Å². The fourth-order valence-electron chi connectivity index (χ4n) is 2.61. The molecule has 0 radical (unpaired) electrons. The molecule has 3 rings (SSSR count). The minimum absolute atomic E-state index is 0.0320. The number of H-pyrrole nitrogens is 1. The molecule has 1 amide bonds. The van der Waals surface area contributed by atoms with Crippen molar-refractivity contribution in [3.8, 4) is 0 Å². The molecule has 4 nitrogen and oxygen atoms in total. The van der Waals surface area contributed by atoms with Gasteiger partial charge in [-0.05, 0) is 18.2 Å². The van der Waals surface area contributed by atoms with E-state index >= 15 is 0 Å². The van der Waals surface area contributed by atoms with Gasteiger partial charge in [0, 0.05) is 53.8 Å². The number of hydrogen-bond donors (Lipinski definition) is 1. The summed E-state index contributed by atoms with van der Waals surface area (Å²) >= 11 is 6.05. The van der Waals surface area contributed by atoms with Gasteiger partial charge in [-0.3, -0.25) is 4.79 Å². The number of aromatic amines is 1. The van der Waals surface area contributed by atoms with E-state index in [-0.39, 0.29) is 12.5 Å². The summed E-state index contributed by atoms with van der Waals surface area (Å²) in [5.41, 5.74) is 3.46. The van der Waals surface area contributed by atoms with Gasteiger partial charge in [0.1, 0.15) is 6.61 Å². The number of nitrogens with zero attached hydrogens (tertiary/aromatic N) is 1. The fourth-order valence-corrected chi connectivity index (χ4v) is 2.79. The molecule has 0 atom stereocenters. The summed E-state index contributed by atoms with van der Waals surface area (Å²) in [4.78, 5) is 17.1. The van der Waals surface area contributed by atoms with Crippen molar-refractivity contribution in [3.05, 3.63) is 34.5 Å². The van der Waals surface area contributed by atoms with Crippen LogP contribution in [-0.4, -0.2) is 36.1 Å². The second kappa shape index (κ2) is 4.87. The van der Waals surface area contributed by atoms with Crippen molar-refractivity contribution in [2.45, 2.75) is 13.0 Å². The van der Waals surface area contributed by atoms with Gasteiger partial charge in [0.15, 0.2) is 0 Å². The minimum atomic E-state index is 0.0320. The van der Waals surface area contributed by atoms with Crippen LogP contribution in [0.1, 0.15) is 11.3 Å². The smallest absolute Gasteiger partial charge is 0.248 e. The highest BCUT2D eigenvalue weighted by molar-refractivity contribution is 6.31. The summed E-state index contributed by atoms with van der Waals surface area (Å²) in [5.74, 6) is 0.0320. The maximum Gasteiger partial charge on any atom is 0.248 e. The lowest BCUT2D eigenvalue weighted by Crippen LogP contribution is -2.37. The topological polar surface area (TPSA) is 45.3 Å². The van der Waals surface area contributed by atoms with Crippen LogP contribution in [0.5, 0.6) is 0 Å². The Morgan fingerprint density at radius 2 is 2.37 bits per heavy atom. The molecule has 0 saturated carbocycles. The maximum atomic E-state index is 11.9. The Kier molecular flexibility index (Phi) is 3.21. The van der Waals surface area contributed by atoms with Gasteiger partial charge in [-0.2, -0.15) is 0 Å². The van der Waals surface area contributed by atoms with E-state index in [1.54, 1.807) is 7.11 Å². The first-order valence-electron chi connectivity index (χ1n) is 6.24. The number of halogens is 1. The molecule has 19 heavy (non-hydrogen) atoms. The van der Waals surface area contributed by atoms with E-state index in [4.69, 9.17) is 16.3 Å². The molecule has 0 bridgehead atoms. The zero-order chi connectivity index (χ0) is 13.4. The molecule has 0 spiro atoms. The van der Waals surface area contributed by atoms with Gasteiger partial charge in [0.2, 0.25) is 5.91 Å². The number of hydrogen-bond acceptors (Lipinski definition) is 2. The average Bonchev–Trinajstić information content (AvgIpc) is 2.76. The lowest BCUT2D eigenvalue weighted by Gasteiger charge is -2.27. The van der Waals surface area contributed by atoms with Crippen LogP contribution in [0, 0.1) is 0 Å². The number of ether oxygens (including phenoxy) is 1. The Bertz CT molecular complexity index is 636. The number of fused-ring (bicyclic) bond motifs is 3. The minimum Gasteiger partial charge on any atom is -0.375 e. The number of benzene rings is 1. The van der Waals surface area contributed by atoms with E-state index in [0.717, 1.165) is 28.9 Å². The first-order valence-corrected chi connectivity index (χ1v) is 6.62. The summed E-state index contributed by atoms with van der Waals surface area (Å²) in [7, 11) is 1.54. The second-order valence-corrected chi connectivity index (χ2v) is 5.21. The average molecular weight is 279 g/mol. The first kappa shape index (κ1) is 12.5. The van der Waals surface area contributed by atoms with Crippen molar-refractivity contribution in [1.29, 1.82) is 0 Å². The van der Waals surface area contributed by atoms with E-state index in [9.17, 15) is 4.79 Å². The molecule has 1 aromatic heterocycles. The molecule has 2 aromatic rings. The predicted molar refractivity (Wildman–Crippen MR) is 74.3 cm³/mol. The molecule has 0 fully saturated rings. The number of amides is 1. The van der Waals surface area contributed by atoms with Crippen LogP contribution < -0.4 is 0 Å². The van der Waals surface area contributed by atoms with Crippen molar-refractivity contribution in [1.82, 2.24) is 9.88 Å².